The van der Waals surface area contributed by atoms with E-state index in [1.807, 2.05) is 31.2 Å². The van der Waals surface area contributed by atoms with Gasteiger partial charge in [-0.15, -0.1) is 0 Å². The molecule has 3 amide bonds. The molecule has 34 heavy (non-hydrogen) atoms. The standard InChI is InChI=1S/C25H20BrClN4O3/c1-14-6-3-4-8-19(14)28-23(32)22-13-16-12-17(26)10-11-21(16)31(22)30-25(34)24(33)29-20-9-5-7-18(27)15(20)2/h3-13H,1-2H3,(H,28,32)(H,29,33)(H,30,34). The minimum atomic E-state index is -0.940. The molecule has 0 aliphatic carbocycles. The predicted molar refractivity (Wildman–Crippen MR) is 138 cm³/mol. The number of amides is 3. The lowest BCUT2D eigenvalue weighted by Crippen LogP contribution is -2.36. The van der Waals surface area contributed by atoms with Crippen LogP contribution < -0.4 is 16.1 Å². The second-order valence-corrected chi connectivity index (χ2v) is 8.97. The van der Waals surface area contributed by atoms with E-state index in [2.05, 4.69) is 32.0 Å². The van der Waals surface area contributed by atoms with Crippen molar-refractivity contribution in [1.29, 1.82) is 0 Å². The van der Waals surface area contributed by atoms with E-state index in [1.165, 1.54) is 4.68 Å². The van der Waals surface area contributed by atoms with Crippen LogP contribution in [-0.4, -0.2) is 22.4 Å². The number of carbonyl (C=O) groups is 3. The second kappa shape index (κ2) is 9.70. The van der Waals surface area contributed by atoms with E-state index >= 15 is 0 Å². The van der Waals surface area contributed by atoms with Gasteiger partial charge in [-0.2, -0.15) is 0 Å². The van der Waals surface area contributed by atoms with Crippen LogP contribution >= 0.6 is 27.5 Å². The summed E-state index contributed by atoms with van der Waals surface area (Å²) in [6, 6.07) is 19.4. The van der Waals surface area contributed by atoms with Crippen LogP contribution in [0.3, 0.4) is 0 Å². The lowest BCUT2D eigenvalue weighted by Gasteiger charge is -2.14. The van der Waals surface area contributed by atoms with Crippen molar-refractivity contribution in [2.75, 3.05) is 16.1 Å². The molecule has 7 nitrogen and oxygen atoms in total. The van der Waals surface area contributed by atoms with E-state index in [0.29, 0.717) is 32.9 Å². The fraction of sp³-hybridized carbons (Fsp3) is 0.0800. The minimum Gasteiger partial charge on any atom is -0.320 e. The molecule has 0 aliphatic rings. The van der Waals surface area contributed by atoms with E-state index in [1.54, 1.807) is 49.4 Å². The van der Waals surface area contributed by atoms with Gasteiger partial charge < -0.3 is 10.6 Å². The zero-order valence-electron chi connectivity index (χ0n) is 18.3. The van der Waals surface area contributed by atoms with Gasteiger partial charge in [0.2, 0.25) is 0 Å². The molecular weight excluding hydrogens is 520 g/mol. The van der Waals surface area contributed by atoms with Crippen molar-refractivity contribution in [1.82, 2.24) is 4.68 Å². The first-order chi connectivity index (χ1) is 16.2. The van der Waals surface area contributed by atoms with Crippen LogP contribution in [0.25, 0.3) is 10.9 Å². The Balaban J connectivity index is 1.65. The number of carbonyl (C=O) groups excluding carboxylic acids is 3. The molecule has 172 valence electrons. The van der Waals surface area contributed by atoms with E-state index in [0.717, 1.165) is 10.0 Å². The number of hydrogen-bond acceptors (Lipinski definition) is 3. The molecule has 0 atom stereocenters. The summed E-state index contributed by atoms with van der Waals surface area (Å²) < 4.78 is 2.12. The number of fused-ring (bicyclic) bond motifs is 1. The molecule has 4 rings (SSSR count). The molecule has 0 radical (unpaired) electrons. The number of nitrogens with one attached hydrogen (secondary N) is 3. The van der Waals surface area contributed by atoms with Gasteiger partial charge in [0.15, 0.2) is 0 Å². The highest BCUT2D eigenvalue weighted by Crippen LogP contribution is 2.25. The Morgan fingerprint density at radius 2 is 1.59 bits per heavy atom. The van der Waals surface area contributed by atoms with Crippen molar-refractivity contribution < 1.29 is 14.4 Å². The number of anilines is 2. The summed E-state index contributed by atoms with van der Waals surface area (Å²) in [5.41, 5.74) is 5.86. The molecule has 0 bridgehead atoms. The lowest BCUT2D eigenvalue weighted by atomic mass is 10.2. The number of rotatable bonds is 4. The monoisotopic (exact) mass is 538 g/mol. The fourth-order valence-corrected chi connectivity index (χ4v) is 4.00. The van der Waals surface area contributed by atoms with E-state index in [-0.39, 0.29) is 5.69 Å². The molecular formula is C25H20BrClN4O3. The third-order valence-electron chi connectivity index (χ3n) is 5.32. The molecule has 0 aliphatic heterocycles. The Bertz CT molecular complexity index is 1450. The average molecular weight is 540 g/mol. The van der Waals surface area contributed by atoms with Crippen LogP contribution in [0, 0.1) is 13.8 Å². The molecule has 1 heterocycles. The molecule has 0 fully saturated rings. The molecule has 1 aromatic heterocycles. The Hall–Kier alpha value is -3.62. The molecule has 0 saturated carbocycles. The summed E-state index contributed by atoms with van der Waals surface area (Å²) >= 11 is 9.52. The van der Waals surface area contributed by atoms with Crippen molar-refractivity contribution in [3.05, 3.63) is 93.0 Å². The number of halogens is 2. The van der Waals surface area contributed by atoms with Gasteiger partial charge >= 0.3 is 11.8 Å². The highest BCUT2D eigenvalue weighted by atomic mass is 79.9. The predicted octanol–water partition coefficient (Wildman–Crippen LogP) is 5.64. The number of aryl methyl sites for hydroxylation is 1. The van der Waals surface area contributed by atoms with Gasteiger partial charge in [-0.1, -0.05) is 51.8 Å². The molecule has 4 aromatic rings. The largest absolute Gasteiger partial charge is 0.328 e. The van der Waals surface area contributed by atoms with Gasteiger partial charge in [0.05, 0.1) is 5.52 Å². The highest BCUT2D eigenvalue weighted by Gasteiger charge is 2.22. The van der Waals surface area contributed by atoms with Crippen LogP contribution in [0.2, 0.25) is 5.02 Å². The van der Waals surface area contributed by atoms with Gasteiger partial charge in [0.1, 0.15) is 5.69 Å². The zero-order chi connectivity index (χ0) is 24.4. The quantitative estimate of drug-likeness (QED) is 0.293. The Morgan fingerprint density at radius 1 is 0.853 bits per heavy atom. The third-order valence-corrected chi connectivity index (χ3v) is 6.23. The highest BCUT2D eigenvalue weighted by molar-refractivity contribution is 9.10. The first-order valence-corrected chi connectivity index (χ1v) is 11.5. The summed E-state index contributed by atoms with van der Waals surface area (Å²) in [4.78, 5) is 38.6. The number of para-hydroxylation sites is 1. The SMILES string of the molecule is Cc1ccccc1NC(=O)c1cc2cc(Br)ccc2n1NC(=O)C(=O)Nc1cccc(Cl)c1C. The van der Waals surface area contributed by atoms with Gasteiger partial charge in [-0.25, -0.2) is 4.68 Å². The maximum atomic E-state index is 13.2. The van der Waals surface area contributed by atoms with Crippen molar-refractivity contribution in [2.24, 2.45) is 0 Å². The van der Waals surface area contributed by atoms with Crippen molar-refractivity contribution >= 4 is 67.5 Å². The summed E-state index contributed by atoms with van der Waals surface area (Å²) in [6.45, 7) is 3.62. The second-order valence-electron chi connectivity index (χ2n) is 7.64. The van der Waals surface area contributed by atoms with Gasteiger partial charge in [-0.05, 0) is 67.4 Å². The summed E-state index contributed by atoms with van der Waals surface area (Å²) in [7, 11) is 0. The van der Waals surface area contributed by atoms with Gasteiger partial charge in [0, 0.05) is 26.3 Å². The Labute approximate surface area is 209 Å². The van der Waals surface area contributed by atoms with Gasteiger partial charge in [-0.3, -0.25) is 19.8 Å². The zero-order valence-corrected chi connectivity index (χ0v) is 20.6. The van der Waals surface area contributed by atoms with Crippen LogP contribution in [0.5, 0.6) is 0 Å². The number of aromatic nitrogens is 1. The minimum absolute atomic E-state index is 0.163. The molecule has 0 unspecified atom stereocenters. The topological polar surface area (TPSA) is 92.2 Å². The van der Waals surface area contributed by atoms with Gasteiger partial charge in [0.25, 0.3) is 5.91 Å². The van der Waals surface area contributed by atoms with E-state index < -0.39 is 17.7 Å². The summed E-state index contributed by atoms with van der Waals surface area (Å²) in [5, 5.41) is 6.59. The lowest BCUT2D eigenvalue weighted by molar-refractivity contribution is -0.133. The maximum absolute atomic E-state index is 13.2. The van der Waals surface area contributed by atoms with Crippen LogP contribution in [0.15, 0.2) is 71.2 Å². The number of benzene rings is 3. The first-order valence-electron chi connectivity index (χ1n) is 10.3. The summed E-state index contributed by atoms with van der Waals surface area (Å²) in [5.74, 6) is -2.27. The van der Waals surface area contributed by atoms with E-state index in [4.69, 9.17) is 11.6 Å². The van der Waals surface area contributed by atoms with Crippen LogP contribution in [0.4, 0.5) is 11.4 Å². The van der Waals surface area contributed by atoms with Crippen LogP contribution in [-0.2, 0) is 9.59 Å². The first kappa shape index (κ1) is 23.5. The van der Waals surface area contributed by atoms with Crippen LogP contribution in [0.1, 0.15) is 21.6 Å². The maximum Gasteiger partial charge on any atom is 0.328 e. The average Bonchev–Trinajstić information content (AvgIpc) is 3.15. The van der Waals surface area contributed by atoms with Crippen molar-refractivity contribution in [3.63, 3.8) is 0 Å². The fourth-order valence-electron chi connectivity index (χ4n) is 3.45. The van der Waals surface area contributed by atoms with Crippen molar-refractivity contribution in [2.45, 2.75) is 13.8 Å². The molecule has 9 heteroatoms. The molecule has 3 N–H and O–H groups in total. The molecule has 0 saturated heterocycles. The van der Waals surface area contributed by atoms with Crippen molar-refractivity contribution in [3.8, 4) is 0 Å². The Kier molecular flexibility index (Phi) is 6.72. The summed E-state index contributed by atoms with van der Waals surface area (Å²) in [6.07, 6.45) is 0. The normalized spacial score (nSPS) is 10.7. The molecule has 0 spiro atoms. The number of hydrogen-bond donors (Lipinski definition) is 3. The smallest absolute Gasteiger partial charge is 0.320 e. The third kappa shape index (κ3) is 4.83. The molecule has 3 aromatic carbocycles. The van der Waals surface area contributed by atoms with E-state index in [9.17, 15) is 14.4 Å². The Morgan fingerprint density at radius 3 is 2.35 bits per heavy atom. The number of nitrogens with zero attached hydrogens (tertiary/aromatic N) is 1.